The first-order valence-electron chi connectivity index (χ1n) is 9.38. The summed E-state index contributed by atoms with van der Waals surface area (Å²) in [6, 6.07) is 8.07. The molecule has 2 aromatic rings. The molecule has 148 valence electrons. The van der Waals surface area contributed by atoms with Gasteiger partial charge in [0.1, 0.15) is 0 Å². The molecule has 3 N–H and O–H groups in total. The summed E-state index contributed by atoms with van der Waals surface area (Å²) in [5.74, 6) is -1.29. The molecule has 0 bridgehead atoms. The maximum atomic E-state index is 12.8. The van der Waals surface area contributed by atoms with Crippen LogP contribution < -0.4 is 5.73 Å². The van der Waals surface area contributed by atoms with Gasteiger partial charge in [0.25, 0.3) is 5.91 Å². The Bertz CT molecular complexity index is 966. The Morgan fingerprint density at radius 3 is 2.64 bits per heavy atom. The van der Waals surface area contributed by atoms with Gasteiger partial charge >= 0.3 is 12.0 Å². The number of nitrogens with one attached hydrogen (secondary N) is 1. The zero-order valence-corrected chi connectivity index (χ0v) is 16.1. The van der Waals surface area contributed by atoms with E-state index in [0.717, 1.165) is 16.5 Å². The summed E-state index contributed by atoms with van der Waals surface area (Å²) in [6.07, 6.45) is 1.96. The minimum absolute atomic E-state index is 0.0412. The van der Waals surface area contributed by atoms with Crippen molar-refractivity contribution in [3.05, 3.63) is 36.0 Å². The third kappa shape index (κ3) is 2.67. The topological polar surface area (TPSA) is 110 Å². The summed E-state index contributed by atoms with van der Waals surface area (Å²) in [5, 5.41) is 1.09. The largest absolute Gasteiger partial charge is 0.455 e. The summed E-state index contributed by atoms with van der Waals surface area (Å²) in [7, 11) is 0. The number of aliphatic imine (C=N–C) groups is 1. The predicted molar refractivity (Wildman–Crippen MR) is 103 cm³/mol. The highest BCUT2D eigenvalue weighted by Gasteiger charge is 2.58. The molecule has 0 radical (unpaired) electrons. The van der Waals surface area contributed by atoms with Gasteiger partial charge in [-0.3, -0.25) is 15.4 Å². The van der Waals surface area contributed by atoms with E-state index >= 15 is 0 Å². The highest BCUT2D eigenvalue weighted by atomic mass is 16.6. The van der Waals surface area contributed by atoms with Crippen molar-refractivity contribution in [2.45, 2.75) is 32.4 Å². The third-order valence-corrected chi connectivity index (χ3v) is 5.75. The van der Waals surface area contributed by atoms with Crippen LogP contribution in [0.4, 0.5) is 0 Å². The molecule has 3 atom stereocenters. The molecule has 1 fully saturated rings. The molecule has 28 heavy (non-hydrogen) atoms. The van der Waals surface area contributed by atoms with Crippen LogP contribution in [0, 0.1) is 11.8 Å². The molecule has 8 nitrogen and oxygen atoms in total. The molecule has 2 aliphatic heterocycles. The summed E-state index contributed by atoms with van der Waals surface area (Å²) >= 11 is 0. The number of hydrogen-bond acceptors (Lipinski definition) is 6. The van der Waals surface area contributed by atoms with Crippen LogP contribution in [0.3, 0.4) is 0 Å². The van der Waals surface area contributed by atoms with Crippen LogP contribution in [-0.2, 0) is 19.1 Å². The van der Waals surface area contributed by atoms with Crippen LogP contribution >= 0.6 is 0 Å². The van der Waals surface area contributed by atoms with E-state index in [1.54, 1.807) is 0 Å². The number of rotatable bonds is 4. The van der Waals surface area contributed by atoms with E-state index in [0.29, 0.717) is 0 Å². The van der Waals surface area contributed by atoms with Gasteiger partial charge in [0.15, 0.2) is 19.0 Å². The Balaban J connectivity index is 1.78. The second-order valence-electron chi connectivity index (χ2n) is 7.74. The van der Waals surface area contributed by atoms with Crippen LogP contribution in [0.25, 0.3) is 10.9 Å². The standard InChI is InChI=1S/C20H24N4O4/c1-11(2)17(12(3)14-8-22-15-7-5-4-6-13(14)15)20(21)18(26)28-10-24(20)19-23-16(25)9-27-19/h4-8,11-12,17,22H,9-10,21H2,1-3H3/t12-,17-,20-/m0/s1. The zero-order chi connectivity index (χ0) is 20.1. The van der Waals surface area contributed by atoms with Crippen molar-refractivity contribution in [3.63, 3.8) is 0 Å². The number of aromatic nitrogens is 1. The van der Waals surface area contributed by atoms with Crippen LogP contribution in [0.1, 0.15) is 32.3 Å². The van der Waals surface area contributed by atoms with Crippen LogP contribution in [0.15, 0.2) is 35.5 Å². The Morgan fingerprint density at radius 1 is 1.21 bits per heavy atom. The number of amidine groups is 1. The average Bonchev–Trinajstić information content (AvgIpc) is 3.34. The summed E-state index contributed by atoms with van der Waals surface area (Å²) in [4.78, 5) is 33.0. The Hall–Kier alpha value is -2.87. The number of aromatic amines is 1. The van der Waals surface area contributed by atoms with E-state index in [-0.39, 0.29) is 37.1 Å². The minimum atomic E-state index is -1.49. The number of carbonyl (C=O) groups is 2. The normalized spacial score (nSPS) is 24.5. The number of esters is 1. The van der Waals surface area contributed by atoms with Crippen molar-refractivity contribution in [1.29, 1.82) is 0 Å². The Morgan fingerprint density at radius 2 is 1.96 bits per heavy atom. The van der Waals surface area contributed by atoms with E-state index in [4.69, 9.17) is 15.2 Å². The SMILES string of the molecule is CC(C)[C@@H]([C@@H](C)c1c[nH]c2ccccc12)[C@@]1(N)C(=O)OCN1C1=NC(=O)CO1. The molecule has 1 aromatic heterocycles. The fraction of sp³-hybridized carbons (Fsp3) is 0.450. The number of carbonyl (C=O) groups excluding carboxylic acids is 2. The molecule has 0 saturated carbocycles. The van der Waals surface area contributed by atoms with Crippen LogP contribution in [-0.4, -0.2) is 46.8 Å². The molecule has 0 aliphatic carbocycles. The lowest BCUT2D eigenvalue weighted by atomic mass is 9.72. The smallest absolute Gasteiger partial charge is 0.349 e. The van der Waals surface area contributed by atoms with E-state index in [1.165, 1.54) is 4.90 Å². The number of fused-ring (bicyclic) bond motifs is 1. The summed E-state index contributed by atoms with van der Waals surface area (Å²) < 4.78 is 10.7. The maximum Gasteiger partial charge on any atom is 0.349 e. The predicted octanol–water partition coefficient (Wildman–Crippen LogP) is 1.93. The van der Waals surface area contributed by atoms with Crippen molar-refractivity contribution in [2.75, 3.05) is 13.3 Å². The van der Waals surface area contributed by atoms with Gasteiger partial charge in [-0.2, -0.15) is 4.99 Å². The lowest BCUT2D eigenvalue weighted by Gasteiger charge is -2.42. The number of para-hydroxylation sites is 1. The summed E-state index contributed by atoms with van der Waals surface area (Å²) in [5.41, 5.74) is 7.35. The molecular weight excluding hydrogens is 360 g/mol. The van der Waals surface area contributed by atoms with Gasteiger partial charge in [0.05, 0.1) is 0 Å². The number of nitrogens with zero attached hydrogens (tertiary/aromatic N) is 2. The molecule has 0 spiro atoms. The Kier molecular flexibility index (Phi) is 4.38. The molecule has 8 heteroatoms. The van der Waals surface area contributed by atoms with Gasteiger partial charge in [0, 0.05) is 23.0 Å². The van der Waals surface area contributed by atoms with E-state index in [9.17, 15) is 9.59 Å². The van der Waals surface area contributed by atoms with Crippen molar-refractivity contribution in [1.82, 2.24) is 9.88 Å². The fourth-order valence-electron chi connectivity index (χ4n) is 4.55. The van der Waals surface area contributed by atoms with Gasteiger partial charge in [-0.1, -0.05) is 39.0 Å². The number of H-pyrrole nitrogens is 1. The first-order chi connectivity index (χ1) is 13.3. The van der Waals surface area contributed by atoms with Gasteiger partial charge in [-0.05, 0) is 23.5 Å². The average molecular weight is 384 g/mol. The minimum Gasteiger partial charge on any atom is -0.455 e. The molecule has 2 aliphatic rings. The number of nitrogens with two attached hydrogens (primary N) is 1. The first kappa shape index (κ1) is 18.5. The van der Waals surface area contributed by atoms with E-state index < -0.39 is 17.5 Å². The van der Waals surface area contributed by atoms with Gasteiger partial charge in [-0.25, -0.2) is 4.79 Å². The molecule has 0 unspecified atom stereocenters. The van der Waals surface area contributed by atoms with Crippen LogP contribution in [0.2, 0.25) is 0 Å². The summed E-state index contributed by atoms with van der Waals surface area (Å²) in [6.45, 7) is 5.86. The van der Waals surface area contributed by atoms with Gasteiger partial charge in [-0.15, -0.1) is 0 Å². The quantitative estimate of drug-likeness (QED) is 0.780. The number of ether oxygens (including phenoxy) is 2. The third-order valence-electron chi connectivity index (χ3n) is 5.75. The zero-order valence-electron chi connectivity index (χ0n) is 16.1. The first-order valence-corrected chi connectivity index (χ1v) is 9.38. The maximum absolute atomic E-state index is 12.8. The highest BCUT2D eigenvalue weighted by Crippen LogP contribution is 2.43. The van der Waals surface area contributed by atoms with Crippen molar-refractivity contribution >= 4 is 28.8 Å². The second-order valence-corrected chi connectivity index (χ2v) is 7.74. The second kappa shape index (κ2) is 6.63. The van der Waals surface area contributed by atoms with Crippen molar-refractivity contribution in [3.8, 4) is 0 Å². The molecule has 3 heterocycles. The van der Waals surface area contributed by atoms with E-state index in [1.807, 2.05) is 44.3 Å². The van der Waals surface area contributed by atoms with Crippen LogP contribution in [0.5, 0.6) is 0 Å². The lowest BCUT2D eigenvalue weighted by molar-refractivity contribution is -0.145. The van der Waals surface area contributed by atoms with Crippen molar-refractivity contribution < 1.29 is 19.1 Å². The molecule has 1 saturated heterocycles. The highest BCUT2D eigenvalue weighted by molar-refractivity contribution is 5.99. The number of cyclic esters (lactones) is 1. The van der Waals surface area contributed by atoms with Gasteiger partial charge in [0.2, 0.25) is 0 Å². The lowest BCUT2D eigenvalue weighted by Crippen LogP contribution is -2.65. The molecule has 1 aromatic carbocycles. The van der Waals surface area contributed by atoms with E-state index in [2.05, 4.69) is 16.9 Å². The van der Waals surface area contributed by atoms with Gasteiger partial charge < -0.3 is 14.5 Å². The number of benzene rings is 1. The molecule has 4 rings (SSSR count). The monoisotopic (exact) mass is 384 g/mol. The Labute approximate surface area is 162 Å². The number of amides is 1. The number of hydrogen-bond donors (Lipinski definition) is 2. The molecule has 1 amide bonds. The molecular formula is C20H24N4O4. The fourth-order valence-corrected chi connectivity index (χ4v) is 4.55. The van der Waals surface area contributed by atoms with Crippen molar-refractivity contribution in [2.24, 2.45) is 22.6 Å².